The summed E-state index contributed by atoms with van der Waals surface area (Å²) < 4.78 is 1.21. The van der Waals surface area contributed by atoms with Gasteiger partial charge in [-0.1, -0.05) is 0 Å². The Morgan fingerprint density at radius 3 is 2.00 bits per heavy atom. The number of carbonyl (C=O) groups is 2. The van der Waals surface area contributed by atoms with Crippen molar-refractivity contribution in [2.24, 2.45) is 0 Å². The van der Waals surface area contributed by atoms with Crippen LogP contribution in [0.5, 0.6) is 0 Å². The summed E-state index contributed by atoms with van der Waals surface area (Å²) in [7, 11) is 0. The summed E-state index contributed by atoms with van der Waals surface area (Å²) in [6, 6.07) is 5.71. The molecule has 0 saturated carbocycles. The van der Waals surface area contributed by atoms with Gasteiger partial charge in [0.25, 0.3) is 0 Å². The van der Waals surface area contributed by atoms with Crippen molar-refractivity contribution in [2.45, 2.75) is 34.4 Å². The summed E-state index contributed by atoms with van der Waals surface area (Å²) >= 11 is -1.49. The molecule has 0 bridgehead atoms. The molecule has 2 aliphatic heterocycles. The molecule has 2 aliphatic rings. The van der Waals surface area contributed by atoms with Gasteiger partial charge in [0.2, 0.25) is 0 Å². The van der Waals surface area contributed by atoms with Gasteiger partial charge in [-0.25, -0.2) is 0 Å². The molecular weight excluding hydrogens is 322 g/mol. The van der Waals surface area contributed by atoms with Gasteiger partial charge in [0.15, 0.2) is 0 Å². The molecule has 2 saturated heterocycles. The molecule has 1 unspecified atom stereocenters. The Kier molecular flexibility index (Phi) is 3.73. The molecule has 1 aromatic rings. The molecule has 20 heavy (non-hydrogen) atoms. The number of hydrogen-bond acceptors (Lipinski definition) is 2. The molecule has 2 fully saturated rings. The van der Waals surface area contributed by atoms with Crippen LogP contribution >= 0.6 is 9.90 Å². The number of benzene rings is 1. The first kappa shape index (κ1) is 15.5. The molecule has 1 aromatic carbocycles. The monoisotopic (exact) mass is 341 g/mol. The third kappa shape index (κ3) is 2.38. The third-order valence-electron chi connectivity index (χ3n) is 3.87. The molecule has 0 amide bonds. The van der Waals surface area contributed by atoms with E-state index < -0.39 is 23.3 Å². The van der Waals surface area contributed by atoms with Crippen LogP contribution in [-0.2, 0) is 33.8 Å². The van der Waals surface area contributed by atoms with Crippen LogP contribution in [0.3, 0.4) is 0 Å². The fourth-order valence-electron chi connectivity index (χ4n) is 2.53. The number of carboxylic acids is 2. The predicted molar refractivity (Wildman–Crippen MR) is 79.1 cm³/mol. The molecule has 4 nitrogen and oxygen atoms in total. The van der Waals surface area contributed by atoms with Crippen LogP contribution in [0, 0.1) is 0 Å². The van der Waals surface area contributed by atoms with Crippen LogP contribution in [0.1, 0.15) is 11.1 Å². The fraction of sp³-hybridized carbons (Fsp3) is 0.429. The summed E-state index contributed by atoms with van der Waals surface area (Å²) in [6.07, 6.45) is -0.131. The molecule has 6 heteroatoms. The van der Waals surface area contributed by atoms with Crippen molar-refractivity contribution < 1.29 is 31.2 Å². The second-order valence-corrected chi connectivity index (χ2v) is 11.9. The smallest absolute Gasteiger partial charge is 0.153 e. The van der Waals surface area contributed by atoms with E-state index in [1.165, 1.54) is 26.1 Å². The van der Waals surface area contributed by atoms with Crippen LogP contribution in [0.2, 0.25) is 21.6 Å². The van der Waals surface area contributed by atoms with Crippen molar-refractivity contribution in [3.8, 4) is 0 Å². The van der Waals surface area contributed by atoms with Gasteiger partial charge < -0.3 is 0 Å². The SMILES string of the molecule is O=C(O)Cc1ccc[c]([Ni]23([CH2][CH2]2)[CH2][CH2]3)c1CC(=O)O.P. The van der Waals surface area contributed by atoms with Crippen LogP contribution in [0.15, 0.2) is 18.2 Å². The standard InChI is InChI=1S/C10H9O4.2C2H4.Ni.H3P/c11-9(12)5-7-3-1-2-4-8(7)6-10(13)14;2*1-2;;/h1-3H,5-6H2,(H,11,12)(H,13,14);2*1-2H2;;1H3. The van der Waals surface area contributed by atoms with E-state index >= 15 is 0 Å². The fourth-order valence-corrected chi connectivity index (χ4v) is 9.29. The molecular formula is C14H20NiO4P. The van der Waals surface area contributed by atoms with Crippen molar-refractivity contribution in [3.63, 3.8) is 0 Å². The van der Waals surface area contributed by atoms with Crippen molar-refractivity contribution in [1.29, 1.82) is 0 Å². The van der Waals surface area contributed by atoms with Crippen molar-refractivity contribution in [2.75, 3.05) is 0 Å². The normalized spacial score (nSPS) is 22.1. The summed E-state index contributed by atoms with van der Waals surface area (Å²) in [5, 5.41) is 23.0. The molecule has 0 aliphatic carbocycles. The molecule has 0 aromatic heterocycles. The second kappa shape index (κ2) is 4.82. The Balaban J connectivity index is 0.00000147. The maximum absolute atomic E-state index is 11.1. The summed E-state index contributed by atoms with van der Waals surface area (Å²) in [4.78, 5) is 22.0. The average molecular weight is 342 g/mol. The van der Waals surface area contributed by atoms with E-state index in [0.717, 1.165) is 5.56 Å². The minimum Gasteiger partial charge on any atom is -0.153 e. The first-order valence-electron chi connectivity index (χ1n) is 6.07. The van der Waals surface area contributed by atoms with Crippen LogP contribution in [0.4, 0.5) is 0 Å². The predicted octanol–water partition coefficient (Wildman–Crippen LogP) is 2.01. The van der Waals surface area contributed by atoms with Gasteiger partial charge >= 0.3 is 111 Å². The van der Waals surface area contributed by atoms with Crippen LogP contribution < -0.4 is 4.53 Å². The molecule has 2 N–H and O–H groups in total. The number of carboxylic acid groups (broad SMARTS) is 2. The maximum Gasteiger partial charge on any atom is -0.153 e. The van der Waals surface area contributed by atoms with Gasteiger partial charge in [-0.05, 0) is 0 Å². The Hall–Kier alpha value is -0.916. The summed E-state index contributed by atoms with van der Waals surface area (Å²) in [6.45, 7) is 0. The maximum atomic E-state index is 11.1. The van der Waals surface area contributed by atoms with E-state index in [4.69, 9.17) is 10.2 Å². The van der Waals surface area contributed by atoms with Crippen molar-refractivity contribution in [1.82, 2.24) is 0 Å². The largest absolute Gasteiger partial charge is 0.153 e. The third-order valence-corrected chi connectivity index (χ3v) is 10.6. The first-order chi connectivity index (χ1) is 8.95. The molecule has 115 valence electrons. The zero-order valence-corrected chi connectivity index (χ0v) is 13.6. The molecule has 3 rings (SSSR count). The molecule has 2 heterocycles. The van der Waals surface area contributed by atoms with E-state index in [9.17, 15) is 9.59 Å². The molecule has 1 atom stereocenters. The topological polar surface area (TPSA) is 74.6 Å². The van der Waals surface area contributed by atoms with Crippen molar-refractivity contribution >= 4 is 26.4 Å². The average Bonchev–Trinajstić information content (AvgIpc) is 3.22. The van der Waals surface area contributed by atoms with E-state index in [0.29, 0.717) is 5.56 Å². The van der Waals surface area contributed by atoms with Crippen LogP contribution in [0.25, 0.3) is 0 Å². The number of rotatable bonds is 5. The Morgan fingerprint density at radius 1 is 1.00 bits per heavy atom. The Labute approximate surface area is 121 Å². The zero-order valence-electron chi connectivity index (χ0n) is 11.2. The Morgan fingerprint density at radius 2 is 1.55 bits per heavy atom. The van der Waals surface area contributed by atoms with Crippen LogP contribution in [-0.4, -0.2) is 22.2 Å². The van der Waals surface area contributed by atoms with E-state index in [-0.39, 0.29) is 22.7 Å². The number of hydrogen-bond donors (Lipinski definition) is 2. The van der Waals surface area contributed by atoms with Gasteiger partial charge in [-0.15, -0.1) is 0 Å². The van der Waals surface area contributed by atoms with Gasteiger partial charge in [-0.3, -0.25) is 0 Å². The number of aliphatic carboxylic acids is 2. The minimum atomic E-state index is -1.49. The molecule has 1 spiro atoms. The van der Waals surface area contributed by atoms with Gasteiger partial charge in [0.1, 0.15) is 0 Å². The Bertz CT molecular complexity index is 571. The van der Waals surface area contributed by atoms with E-state index in [2.05, 4.69) is 6.07 Å². The molecule has 0 radical (unpaired) electrons. The zero-order chi connectivity index (χ0) is 13.7. The van der Waals surface area contributed by atoms with E-state index in [1.54, 1.807) is 6.07 Å². The van der Waals surface area contributed by atoms with Crippen molar-refractivity contribution in [3.05, 3.63) is 29.3 Å². The summed E-state index contributed by atoms with van der Waals surface area (Å²) in [5.41, 5.74) is 1.47. The second-order valence-electron chi connectivity index (χ2n) is 5.01. The quantitative estimate of drug-likeness (QED) is 0.634. The minimum absolute atomic E-state index is 0. The van der Waals surface area contributed by atoms with Gasteiger partial charge in [0, 0.05) is 0 Å². The van der Waals surface area contributed by atoms with E-state index in [1.807, 2.05) is 6.07 Å². The summed E-state index contributed by atoms with van der Waals surface area (Å²) in [5.74, 6) is -1.78. The van der Waals surface area contributed by atoms with Gasteiger partial charge in [0.05, 0.1) is 0 Å². The van der Waals surface area contributed by atoms with Gasteiger partial charge in [-0.2, -0.15) is 9.90 Å². The first-order valence-corrected chi connectivity index (χ1v) is 9.35.